The van der Waals surface area contributed by atoms with Gasteiger partial charge in [-0.2, -0.15) is 0 Å². The van der Waals surface area contributed by atoms with Crippen molar-refractivity contribution in [1.29, 1.82) is 0 Å². The molecule has 0 radical (unpaired) electrons. The Morgan fingerprint density at radius 2 is 2.17 bits per heavy atom. The van der Waals surface area contributed by atoms with Crippen LogP contribution >= 0.6 is 11.6 Å². The van der Waals surface area contributed by atoms with E-state index in [0.29, 0.717) is 21.8 Å². The molecule has 2 aromatic rings. The average molecular weight is 263 g/mol. The number of aryl methyl sites for hydroxylation is 1. The van der Waals surface area contributed by atoms with Crippen molar-refractivity contribution in [3.63, 3.8) is 0 Å². The summed E-state index contributed by atoms with van der Waals surface area (Å²) < 4.78 is 0. The molecule has 5 heteroatoms. The number of hydrogen-bond acceptors (Lipinski definition) is 3. The molecule has 0 aliphatic rings. The van der Waals surface area contributed by atoms with Crippen molar-refractivity contribution < 1.29 is 9.90 Å². The molecule has 1 amide bonds. The Morgan fingerprint density at radius 1 is 1.39 bits per heavy atom. The van der Waals surface area contributed by atoms with Gasteiger partial charge in [-0.05, 0) is 36.8 Å². The number of hydrogen-bond donors (Lipinski definition) is 2. The number of pyridine rings is 1. The molecule has 92 valence electrons. The van der Waals surface area contributed by atoms with Crippen LogP contribution in [0.5, 0.6) is 5.75 Å². The van der Waals surface area contributed by atoms with E-state index >= 15 is 0 Å². The summed E-state index contributed by atoms with van der Waals surface area (Å²) in [5.74, 6) is -0.140. The molecular formula is C13H11ClN2O2. The SMILES string of the molecule is Cc1cc(C(=O)Nc2cnccc2Cl)ccc1O. The van der Waals surface area contributed by atoms with Gasteiger partial charge in [-0.25, -0.2) is 0 Å². The van der Waals surface area contributed by atoms with Crippen molar-refractivity contribution in [2.75, 3.05) is 5.32 Å². The maximum atomic E-state index is 12.0. The highest BCUT2D eigenvalue weighted by atomic mass is 35.5. The van der Waals surface area contributed by atoms with Crippen LogP contribution in [0.25, 0.3) is 0 Å². The molecule has 0 bridgehead atoms. The van der Waals surface area contributed by atoms with Crippen LogP contribution < -0.4 is 5.32 Å². The number of phenols is 1. The third kappa shape index (κ3) is 2.60. The van der Waals surface area contributed by atoms with Gasteiger partial charge in [0.1, 0.15) is 5.75 Å². The van der Waals surface area contributed by atoms with Gasteiger partial charge < -0.3 is 10.4 Å². The zero-order valence-electron chi connectivity index (χ0n) is 9.64. The number of aromatic nitrogens is 1. The fourth-order valence-electron chi connectivity index (χ4n) is 1.46. The van der Waals surface area contributed by atoms with Gasteiger partial charge in [0, 0.05) is 11.8 Å². The largest absolute Gasteiger partial charge is 0.508 e. The fraction of sp³-hybridized carbons (Fsp3) is 0.0769. The quantitative estimate of drug-likeness (QED) is 0.875. The topological polar surface area (TPSA) is 62.2 Å². The summed E-state index contributed by atoms with van der Waals surface area (Å²) in [5, 5.41) is 12.5. The van der Waals surface area contributed by atoms with Crippen LogP contribution in [0.3, 0.4) is 0 Å². The maximum Gasteiger partial charge on any atom is 0.255 e. The predicted molar refractivity (Wildman–Crippen MR) is 70.0 cm³/mol. The fourth-order valence-corrected chi connectivity index (χ4v) is 1.61. The van der Waals surface area contributed by atoms with E-state index in [1.807, 2.05) is 0 Å². The molecule has 0 saturated carbocycles. The summed E-state index contributed by atoms with van der Waals surface area (Å²) in [5.41, 5.74) is 1.54. The number of benzene rings is 1. The molecule has 18 heavy (non-hydrogen) atoms. The number of phenolic OH excluding ortho intramolecular Hbond substituents is 1. The van der Waals surface area contributed by atoms with E-state index < -0.39 is 0 Å². The van der Waals surface area contributed by atoms with Crippen molar-refractivity contribution in [3.05, 3.63) is 52.8 Å². The molecule has 0 spiro atoms. The van der Waals surface area contributed by atoms with E-state index in [-0.39, 0.29) is 11.7 Å². The van der Waals surface area contributed by atoms with Gasteiger partial charge in [-0.15, -0.1) is 0 Å². The Hall–Kier alpha value is -2.07. The van der Waals surface area contributed by atoms with Gasteiger partial charge in [-0.1, -0.05) is 11.6 Å². The number of nitrogens with one attached hydrogen (secondary N) is 1. The van der Waals surface area contributed by atoms with Crippen molar-refractivity contribution in [2.45, 2.75) is 6.92 Å². The lowest BCUT2D eigenvalue weighted by Crippen LogP contribution is -2.12. The lowest BCUT2D eigenvalue weighted by atomic mass is 10.1. The molecule has 1 aromatic carbocycles. The van der Waals surface area contributed by atoms with E-state index in [0.717, 1.165) is 0 Å². The highest BCUT2D eigenvalue weighted by Gasteiger charge is 2.09. The molecule has 1 heterocycles. The smallest absolute Gasteiger partial charge is 0.255 e. The van der Waals surface area contributed by atoms with Crippen LogP contribution in [0, 0.1) is 6.92 Å². The van der Waals surface area contributed by atoms with E-state index in [1.165, 1.54) is 12.3 Å². The molecule has 0 aliphatic heterocycles. The van der Waals surface area contributed by atoms with Gasteiger partial charge in [0.15, 0.2) is 0 Å². The van der Waals surface area contributed by atoms with Gasteiger partial charge in [0.05, 0.1) is 16.9 Å². The highest BCUT2D eigenvalue weighted by Crippen LogP contribution is 2.21. The molecule has 2 N–H and O–H groups in total. The molecule has 1 aromatic heterocycles. The highest BCUT2D eigenvalue weighted by molar-refractivity contribution is 6.33. The predicted octanol–water partition coefficient (Wildman–Crippen LogP) is 3.00. The number of amides is 1. The summed E-state index contributed by atoms with van der Waals surface area (Å²) in [6.07, 6.45) is 3.02. The summed E-state index contributed by atoms with van der Waals surface area (Å²) >= 11 is 5.92. The second-order valence-corrected chi connectivity index (χ2v) is 4.22. The first-order chi connectivity index (χ1) is 8.58. The van der Waals surface area contributed by atoms with Crippen LogP contribution in [-0.2, 0) is 0 Å². The number of carbonyl (C=O) groups excluding carboxylic acids is 1. The van der Waals surface area contributed by atoms with Crippen LogP contribution in [0.4, 0.5) is 5.69 Å². The molecular weight excluding hydrogens is 252 g/mol. The Morgan fingerprint density at radius 3 is 2.83 bits per heavy atom. The number of nitrogens with zero attached hydrogens (tertiary/aromatic N) is 1. The number of aromatic hydroxyl groups is 1. The standard InChI is InChI=1S/C13H11ClN2O2/c1-8-6-9(2-3-12(8)17)13(18)16-11-7-15-5-4-10(11)14/h2-7,17H,1H3,(H,16,18). The van der Waals surface area contributed by atoms with E-state index in [1.54, 1.807) is 31.3 Å². The number of anilines is 1. The summed E-state index contributed by atoms with van der Waals surface area (Å²) in [4.78, 5) is 15.8. The molecule has 0 saturated heterocycles. The van der Waals surface area contributed by atoms with Crippen molar-refractivity contribution in [3.8, 4) is 5.75 Å². The maximum absolute atomic E-state index is 12.0. The van der Waals surface area contributed by atoms with Gasteiger partial charge >= 0.3 is 0 Å². The molecule has 0 fully saturated rings. The average Bonchev–Trinajstić information content (AvgIpc) is 2.35. The zero-order valence-corrected chi connectivity index (χ0v) is 10.4. The van der Waals surface area contributed by atoms with E-state index in [9.17, 15) is 9.90 Å². The zero-order chi connectivity index (χ0) is 13.1. The lowest BCUT2D eigenvalue weighted by Gasteiger charge is -2.07. The third-order valence-corrected chi connectivity index (χ3v) is 2.80. The third-order valence-electron chi connectivity index (χ3n) is 2.48. The molecule has 2 rings (SSSR count). The van der Waals surface area contributed by atoms with Crippen molar-refractivity contribution >= 4 is 23.2 Å². The monoisotopic (exact) mass is 262 g/mol. The summed E-state index contributed by atoms with van der Waals surface area (Å²) in [6, 6.07) is 6.23. The Balaban J connectivity index is 2.22. The Bertz CT molecular complexity index is 599. The second kappa shape index (κ2) is 5.06. The number of halogens is 1. The first kappa shape index (κ1) is 12.4. The van der Waals surface area contributed by atoms with E-state index in [2.05, 4.69) is 10.3 Å². The lowest BCUT2D eigenvalue weighted by molar-refractivity contribution is 0.102. The normalized spacial score (nSPS) is 10.1. The number of rotatable bonds is 2. The molecule has 0 aliphatic carbocycles. The van der Waals surface area contributed by atoms with Gasteiger partial charge in [0.25, 0.3) is 5.91 Å². The van der Waals surface area contributed by atoms with Crippen molar-refractivity contribution in [1.82, 2.24) is 4.98 Å². The van der Waals surface area contributed by atoms with Gasteiger partial charge in [-0.3, -0.25) is 9.78 Å². The first-order valence-corrected chi connectivity index (χ1v) is 5.66. The van der Waals surface area contributed by atoms with Crippen LogP contribution in [-0.4, -0.2) is 16.0 Å². The minimum absolute atomic E-state index is 0.158. The number of carbonyl (C=O) groups is 1. The Kier molecular flexibility index (Phi) is 3.48. The Labute approximate surface area is 109 Å². The first-order valence-electron chi connectivity index (χ1n) is 5.28. The van der Waals surface area contributed by atoms with Gasteiger partial charge in [0.2, 0.25) is 0 Å². The van der Waals surface area contributed by atoms with Crippen LogP contribution in [0.2, 0.25) is 5.02 Å². The minimum Gasteiger partial charge on any atom is -0.508 e. The molecule has 4 nitrogen and oxygen atoms in total. The minimum atomic E-state index is -0.298. The van der Waals surface area contributed by atoms with Crippen LogP contribution in [0.1, 0.15) is 15.9 Å². The molecule has 0 atom stereocenters. The van der Waals surface area contributed by atoms with Crippen molar-refractivity contribution in [2.24, 2.45) is 0 Å². The summed E-state index contributed by atoms with van der Waals surface area (Å²) in [6.45, 7) is 1.73. The second-order valence-electron chi connectivity index (χ2n) is 3.81. The van der Waals surface area contributed by atoms with Crippen LogP contribution in [0.15, 0.2) is 36.7 Å². The van der Waals surface area contributed by atoms with E-state index in [4.69, 9.17) is 11.6 Å². The summed E-state index contributed by atoms with van der Waals surface area (Å²) in [7, 11) is 0. The molecule has 0 unspecified atom stereocenters.